The van der Waals surface area contributed by atoms with Crippen LogP contribution in [-0.2, 0) is 0 Å². The molecule has 0 fully saturated rings. The fourth-order valence-electron chi connectivity index (χ4n) is 1.17. The fraction of sp³-hybridized carbons (Fsp3) is 0.125. The Kier molecular flexibility index (Phi) is 2.13. The number of pyridine rings is 1. The zero-order valence-corrected chi connectivity index (χ0v) is 8.69. The molecule has 0 saturated heterocycles. The van der Waals surface area contributed by atoms with Crippen molar-refractivity contribution in [3.63, 3.8) is 0 Å². The Balaban J connectivity index is 2.85. The summed E-state index contributed by atoms with van der Waals surface area (Å²) in [5, 5.41) is 9.10. The van der Waals surface area contributed by atoms with E-state index in [0.717, 1.165) is 21.8 Å². The van der Waals surface area contributed by atoms with Gasteiger partial charge in [0.25, 0.3) is 0 Å². The summed E-state index contributed by atoms with van der Waals surface area (Å²) in [4.78, 5) is 14.7. The van der Waals surface area contributed by atoms with Crippen molar-refractivity contribution in [3.05, 3.63) is 22.5 Å². The Bertz CT molecular complexity index is 523. The smallest absolute Gasteiger partial charge is 0.357 e. The maximum Gasteiger partial charge on any atom is 0.357 e. The number of nitrogens with zero attached hydrogens (tertiary/aromatic N) is 2. The van der Waals surface area contributed by atoms with Crippen LogP contribution in [-0.4, -0.2) is 20.4 Å². The minimum Gasteiger partial charge on any atom is -0.476 e. The molecule has 72 valence electrons. The predicted octanol–water partition coefficient (Wildman–Crippen LogP) is 2.35. The van der Waals surface area contributed by atoms with Crippen LogP contribution in [0.2, 0.25) is 5.15 Å². The van der Waals surface area contributed by atoms with Gasteiger partial charge in [-0.2, -0.15) is 4.37 Å². The van der Waals surface area contributed by atoms with Gasteiger partial charge in [0, 0.05) is 0 Å². The third-order valence-corrected chi connectivity index (χ3v) is 2.95. The summed E-state index contributed by atoms with van der Waals surface area (Å²) in [5.74, 6) is -1.08. The first-order chi connectivity index (χ1) is 6.59. The quantitative estimate of drug-likeness (QED) is 0.761. The van der Waals surface area contributed by atoms with Crippen LogP contribution < -0.4 is 0 Å². The second-order valence-electron chi connectivity index (χ2n) is 2.78. The monoisotopic (exact) mass is 228 g/mol. The van der Waals surface area contributed by atoms with Crippen LogP contribution in [0.15, 0.2) is 6.07 Å². The lowest BCUT2D eigenvalue weighted by Crippen LogP contribution is -1.97. The molecule has 0 aliphatic carbocycles. The van der Waals surface area contributed by atoms with E-state index < -0.39 is 5.97 Å². The summed E-state index contributed by atoms with van der Waals surface area (Å²) in [5.41, 5.74) is 1.23. The number of carbonyl (C=O) groups is 1. The topological polar surface area (TPSA) is 63.1 Å². The fourth-order valence-corrected chi connectivity index (χ4v) is 2.20. The van der Waals surface area contributed by atoms with E-state index >= 15 is 0 Å². The van der Waals surface area contributed by atoms with E-state index in [0.29, 0.717) is 5.52 Å². The predicted molar refractivity (Wildman–Crippen MR) is 54.1 cm³/mol. The van der Waals surface area contributed by atoms with Gasteiger partial charge in [-0.3, -0.25) is 0 Å². The van der Waals surface area contributed by atoms with Gasteiger partial charge in [-0.05, 0) is 30.1 Å². The van der Waals surface area contributed by atoms with Crippen molar-refractivity contribution in [2.45, 2.75) is 6.92 Å². The van der Waals surface area contributed by atoms with Gasteiger partial charge in [0.2, 0.25) is 0 Å². The molecule has 14 heavy (non-hydrogen) atoms. The summed E-state index contributed by atoms with van der Waals surface area (Å²) in [7, 11) is 0. The molecule has 0 aliphatic rings. The highest BCUT2D eigenvalue weighted by atomic mass is 35.5. The summed E-state index contributed by atoms with van der Waals surface area (Å²) in [6.07, 6.45) is 0. The van der Waals surface area contributed by atoms with Crippen molar-refractivity contribution >= 4 is 39.3 Å². The highest BCUT2D eigenvalue weighted by Gasteiger charge is 2.16. The standard InChI is InChI=1S/C8H5ClN2O2S/c1-3-2-4(9)10-5-6(8(12)13)11-14-7(3)5/h2H,1H3,(H,12,13). The average molecular weight is 229 g/mol. The van der Waals surface area contributed by atoms with E-state index in [1.165, 1.54) is 0 Å². The van der Waals surface area contributed by atoms with E-state index in [2.05, 4.69) is 9.36 Å². The number of hydrogen-bond acceptors (Lipinski definition) is 4. The van der Waals surface area contributed by atoms with Crippen LogP contribution in [0, 0.1) is 6.92 Å². The number of carboxylic acids is 1. The zero-order chi connectivity index (χ0) is 10.3. The van der Waals surface area contributed by atoms with Gasteiger partial charge in [0.05, 0.1) is 4.70 Å². The third kappa shape index (κ3) is 1.34. The molecule has 0 spiro atoms. The summed E-state index contributed by atoms with van der Waals surface area (Å²) in [6.45, 7) is 1.85. The number of halogens is 1. The number of aromatic nitrogens is 2. The third-order valence-electron chi connectivity index (χ3n) is 1.78. The van der Waals surface area contributed by atoms with Crippen LogP contribution in [0.4, 0.5) is 0 Å². The number of aromatic carboxylic acids is 1. The largest absolute Gasteiger partial charge is 0.476 e. The summed E-state index contributed by atoms with van der Waals surface area (Å²) >= 11 is 6.86. The number of fused-ring (bicyclic) bond motifs is 1. The Morgan fingerprint density at radius 1 is 1.64 bits per heavy atom. The lowest BCUT2D eigenvalue weighted by molar-refractivity contribution is 0.0694. The molecular formula is C8H5ClN2O2S. The molecule has 0 atom stereocenters. The first kappa shape index (κ1) is 9.36. The zero-order valence-electron chi connectivity index (χ0n) is 7.11. The maximum atomic E-state index is 10.8. The maximum absolute atomic E-state index is 10.8. The molecule has 2 rings (SSSR count). The molecule has 6 heteroatoms. The molecule has 0 aromatic carbocycles. The highest BCUT2D eigenvalue weighted by Crippen LogP contribution is 2.26. The summed E-state index contributed by atoms with van der Waals surface area (Å²) < 4.78 is 4.59. The molecule has 0 amide bonds. The van der Waals surface area contributed by atoms with Gasteiger partial charge < -0.3 is 5.11 Å². The molecule has 2 aromatic heterocycles. The van der Waals surface area contributed by atoms with Crippen LogP contribution in [0.5, 0.6) is 0 Å². The molecule has 0 unspecified atom stereocenters. The van der Waals surface area contributed by atoms with Gasteiger partial charge in [-0.25, -0.2) is 9.78 Å². The SMILES string of the molecule is Cc1cc(Cl)nc2c(C(=O)O)nsc12. The molecule has 0 aliphatic heterocycles. The van der Waals surface area contributed by atoms with Crippen LogP contribution >= 0.6 is 23.1 Å². The van der Waals surface area contributed by atoms with Crippen molar-refractivity contribution in [2.75, 3.05) is 0 Å². The van der Waals surface area contributed by atoms with E-state index in [1.807, 2.05) is 6.92 Å². The van der Waals surface area contributed by atoms with Crippen molar-refractivity contribution in [2.24, 2.45) is 0 Å². The first-order valence-electron chi connectivity index (χ1n) is 3.75. The van der Waals surface area contributed by atoms with Crippen LogP contribution in [0.3, 0.4) is 0 Å². The molecular weight excluding hydrogens is 224 g/mol. The second-order valence-corrected chi connectivity index (χ2v) is 3.94. The minimum atomic E-state index is -1.08. The van der Waals surface area contributed by atoms with Crippen molar-refractivity contribution in [1.29, 1.82) is 0 Å². The van der Waals surface area contributed by atoms with Crippen molar-refractivity contribution in [3.8, 4) is 0 Å². The molecule has 2 heterocycles. The van der Waals surface area contributed by atoms with Gasteiger partial charge in [-0.15, -0.1) is 0 Å². The van der Waals surface area contributed by atoms with Gasteiger partial charge >= 0.3 is 5.97 Å². The number of carboxylic acid groups (broad SMARTS) is 1. The van der Waals surface area contributed by atoms with Crippen molar-refractivity contribution < 1.29 is 9.90 Å². The van der Waals surface area contributed by atoms with E-state index in [4.69, 9.17) is 16.7 Å². The number of rotatable bonds is 1. The molecule has 0 bridgehead atoms. The van der Waals surface area contributed by atoms with Gasteiger partial charge in [0.1, 0.15) is 10.7 Å². The van der Waals surface area contributed by atoms with E-state index in [-0.39, 0.29) is 10.8 Å². The second kappa shape index (κ2) is 3.18. The van der Waals surface area contributed by atoms with Crippen LogP contribution in [0.1, 0.15) is 16.1 Å². The Morgan fingerprint density at radius 3 is 3.00 bits per heavy atom. The summed E-state index contributed by atoms with van der Waals surface area (Å²) in [6, 6.07) is 1.69. The van der Waals surface area contributed by atoms with E-state index in [1.54, 1.807) is 6.07 Å². The average Bonchev–Trinajstić information content (AvgIpc) is 2.47. The molecule has 2 aromatic rings. The molecule has 1 N–H and O–H groups in total. The van der Waals surface area contributed by atoms with E-state index in [9.17, 15) is 4.79 Å². The number of aryl methyl sites for hydroxylation is 1. The highest BCUT2D eigenvalue weighted by molar-refractivity contribution is 7.13. The lowest BCUT2D eigenvalue weighted by Gasteiger charge is -1.95. The van der Waals surface area contributed by atoms with Crippen molar-refractivity contribution in [1.82, 2.24) is 9.36 Å². The molecule has 0 saturated carbocycles. The van der Waals surface area contributed by atoms with Crippen LogP contribution in [0.25, 0.3) is 10.2 Å². The first-order valence-corrected chi connectivity index (χ1v) is 4.90. The lowest BCUT2D eigenvalue weighted by atomic mass is 10.2. The Hall–Kier alpha value is -1.20. The minimum absolute atomic E-state index is 0.0319. The Morgan fingerprint density at radius 2 is 2.36 bits per heavy atom. The van der Waals surface area contributed by atoms with Gasteiger partial charge in [-0.1, -0.05) is 11.6 Å². The normalized spacial score (nSPS) is 10.7. The Labute approximate surface area is 88.3 Å². The molecule has 4 nitrogen and oxygen atoms in total. The number of hydrogen-bond donors (Lipinski definition) is 1. The molecule has 0 radical (unpaired) electrons. The van der Waals surface area contributed by atoms with Gasteiger partial charge in [0.15, 0.2) is 5.69 Å².